The van der Waals surface area contributed by atoms with Crippen LogP contribution in [0.5, 0.6) is 0 Å². The molecule has 0 aliphatic carbocycles. The summed E-state index contributed by atoms with van der Waals surface area (Å²) in [7, 11) is 1.58. The number of aromatic amines is 1. The molecule has 8 heteroatoms. The van der Waals surface area contributed by atoms with Crippen LogP contribution in [0.25, 0.3) is 11.2 Å². The topological polar surface area (TPSA) is 72.7 Å². The first-order chi connectivity index (χ1) is 8.45. The summed E-state index contributed by atoms with van der Waals surface area (Å²) >= 11 is 6.85. The fourth-order valence-electron chi connectivity index (χ4n) is 1.70. The molecule has 2 aromatic rings. The zero-order chi connectivity index (χ0) is 13.4. The van der Waals surface area contributed by atoms with Gasteiger partial charge in [0.1, 0.15) is 0 Å². The Hall–Kier alpha value is -0.890. The van der Waals surface area contributed by atoms with E-state index in [2.05, 4.69) is 41.8 Å². The first-order valence-electron chi connectivity index (χ1n) is 5.44. The predicted octanol–water partition coefficient (Wildman–Crippen LogP) is 1.36. The highest BCUT2D eigenvalue weighted by atomic mass is 79.9. The van der Waals surface area contributed by atoms with E-state index in [0.29, 0.717) is 22.4 Å². The molecule has 1 N–H and O–H groups in total. The van der Waals surface area contributed by atoms with Gasteiger partial charge in [-0.2, -0.15) is 0 Å². The van der Waals surface area contributed by atoms with Gasteiger partial charge < -0.3 is 4.57 Å². The van der Waals surface area contributed by atoms with Crippen molar-refractivity contribution in [3.8, 4) is 0 Å². The van der Waals surface area contributed by atoms with Crippen LogP contribution < -0.4 is 11.2 Å². The van der Waals surface area contributed by atoms with E-state index in [-0.39, 0.29) is 4.83 Å². The average molecular weight is 380 g/mol. The standard InChI is InChI=1S/C10H12Br2N4O2/c1-3-5(11)4-16-6-7(13-9(16)12)15(2)10(18)14-8(6)17/h5H,3-4H2,1-2H3,(H,14,17,18)/t5-/m0/s1. The van der Waals surface area contributed by atoms with E-state index in [0.717, 1.165) is 6.42 Å². The molecule has 0 aliphatic rings. The smallest absolute Gasteiger partial charge is 0.312 e. The number of aromatic nitrogens is 4. The first-order valence-corrected chi connectivity index (χ1v) is 7.15. The number of imidazole rings is 1. The van der Waals surface area contributed by atoms with Crippen molar-refractivity contribution in [1.29, 1.82) is 0 Å². The first kappa shape index (κ1) is 13.5. The zero-order valence-corrected chi connectivity index (χ0v) is 13.1. The third-order valence-corrected chi connectivity index (χ3v) is 4.33. The second-order valence-electron chi connectivity index (χ2n) is 3.99. The van der Waals surface area contributed by atoms with Crippen LogP contribution in [0.2, 0.25) is 0 Å². The molecule has 0 unspecified atom stereocenters. The van der Waals surface area contributed by atoms with Crippen LogP contribution in [0.4, 0.5) is 0 Å². The third-order valence-electron chi connectivity index (χ3n) is 2.78. The molecule has 0 saturated carbocycles. The van der Waals surface area contributed by atoms with Crippen molar-refractivity contribution in [2.45, 2.75) is 24.7 Å². The Morgan fingerprint density at radius 1 is 1.44 bits per heavy atom. The van der Waals surface area contributed by atoms with Gasteiger partial charge in [0.05, 0.1) is 0 Å². The minimum atomic E-state index is -0.462. The summed E-state index contributed by atoms with van der Waals surface area (Å²) in [5.41, 5.74) is -0.0917. The number of alkyl halides is 1. The van der Waals surface area contributed by atoms with Gasteiger partial charge in [0, 0.05) is 18.4 Å². The summed E-state index contributed by atoms with van der Waals surface area (Å²) in [6.07, 6.45) is 0.926. The van der Waals surface area contributed by atoms with Crippen molar-refractivity contribution in [1.82, 2.24) is 19.1 Å². The monoisotopic (exact) mass is 378 g/mol. The van der Waals surface area contributed by atoms with Crippen LogP contribution in [-0.4, -0.2) is 23.9 Å². The molecule has 0 aromatic carbocycles. The number of nitrogens with zero attached hydrogens (tertiary/aromatic N) is 3. The van der Waals surface area contributed by atoms with E-state index in [9.17, 15) is 9.59 Å². The van der Waals surface area contributed by atoms with Crippen LogP contribution in [0.1, 0.15) is 13.3 Å². The Balaban J connectivity index is 2.75. The maximum Gasteiger partial charge on any atom is 0.329 e. The van der Waals surface area contributed by atoms with E-state index in [1.165, 1.54) is 4.57 Å². The van der Waals surface area contributed by atoms with Crippen LogP contribution in [0.3, 0.4) is 0 Å². The van der Waals surface area contributed by atoms with Crippen molar-refractivity contribution in [2.75, 3.05) is 0 Å². The van der Waals surface area contributed by atoms with Gasteiger partial charge in [-0.15, -0.1) is 0 Å². The number of hydrogen-bond acceptors (Lipinski definition) is 3. The second kappa shape index (κ2) is 5.00. The van der Waals surface area contributed by atoms with Crippen molar-refractivity contribution in [2.24, 2.45) is 7.05 Å². The molecule has 0 amide bonds. The Bertz CT molecular complexity index is 700. The van der Waals surface area contributed by atoms with Gasteiger partial charge >= 0.3 is 5.69 Å². The lowest BCUT2D eigenvalue weighted by atomic mass is 10.3. The molecule has 0 bridgehead atoms. The van der Waals surface area contributed by atoms with Crippen molar-refractivity contribution >= 4 is 43.0 Å². The van der Waals surface area contributed by atoms with E-state index < -0.39 is 11.2 Å². The second-order valence-corrected chi connectivity index (χ2v) is 5.99. The number of nitrogens with one attached hydrogen (secondary N) is 1. The van der Waals surface area contributed by atoms with Gasteiger partial charge in [0.25, 0.3) is 5.56 Å². The predicted molar refractivity (Wildman–Crippen MR) is 76.3 cm³/mol. The lowest BCUT2D eigenvalue weighted by molar-refractivity contribution is 0.655. The Labute approximate surface area is 119 Å². The number of H-pyrrole nitrogens is 1. The molecule has 0 radical (unpaired) electrons. The largest absolute Gasteiger partial charge is 0.329 e. The van der Waals surface area contributed by atoms with Crippen LogP contribution >= 0.6 is 31.9 Å². The number of halogens is 2. The Morgan fingerprint density at radius 3 is 2.72 bits per heavy atom. The molecule has 98 valence electrons. The molecule has 0 fully saturated rings. The molecule has 0 aliphatic heterocycles. The van der Waals surface area contributed by atoms with Crippen molar-refractivity contribution in [3.63, 3.8) is 0 Å². The molecule has 2 rings (SSSR count). The lowest BCUT2D eigenvalue weighted by Gasteiger charge is -2.09. The summed E-state index contributed by atoms with van der Waals surface area (Å²) in [6.45, 7) is 2.65. The number of fused-ring (bicyclic) bond motifs is 1. The molecule has 0 spiro atoms. The SMILES string of the molecule is CC[C@H](Br)Cn1c(Br)nc2c1c(=O)[nH]c(=O)n2C. The molecule has 2 heterocycles. The van der Waals surface area contributed by atoms with Crippen LogP contribution in [0.15, 0.2) is 14.3 Å². The Kier molecular flexibility index (Phi) is 3.76. The molecule has 0 saturated heterocycles. The van der Waals surface area contributed by atoms with Crippen LogP contribution in [-0.2, 0) is 13.6 Å². The molecular formula is C10H12Br2N4O2. The number of hydrogen-bond donors (Lipinski definition) is 1. The van der Waals surface area contributed by atoms with Crippen molar-refractivity contribution < 1.29 is 0 Å². The third kappa shape index (κ3) is 2.18. The minimum absolute atomic E-state index is 0.239. The summed E-state index contributed by atoms with van der Waals surface area (Å²) in [4.78, 5) is 30.1. The fraction of sp³-hybridized carbons (Fsp3) is 0.500. The quantitative estimate of drug-likeness (QED) is 0.646. The maximum absolute atomic E-state index is 11.9. The van der Waals surface area contributed by atoms with E-state index in [4.69, 9.17) is 0 Å². The minimum Gasteiger partial charge on any atom is -0.312 e. The normalized spacial score (nSPS) is 13.1. The highest BCUT2D eigenvalue weighted by molar-refractivity contribution is 9.10. The Morgan fingerprint density at radius 2 is 2.11 bits per heavy atom. The summed E-state index contributed by atoms with van der Waals surface area (Å²) in [5, 5.41) is 0. The molecule has 6 nitrogen and oxygen atoms in total. The van der Waals surface area contributed by atoms with Gasteiger partial charge in [0.15, 0.2) is 15.9 Å². The van der Waals surface area contributed by atoms with Gasteiger partial charge in [-0.1, -0.05) is 22.9 Å². The highest BCUT2D eigenvalue weighted by Gasteiger charge is 2.17. The maximum atomic E-state index is 11.9. The summed E-state index contributed by atoms with van der Waals surface area (Å²) < 4.78 is 3.63. The van der Waals surface area contributed by atoms with Gasteiger partial charge in [0.2, 0.25) is 0 Å². The number of aryl methyl sites for hydroxylation is 1. The lowest BCUT2D eigenvalue weighted by Crippen LogP contribution is -2.29. The van der Waals surface area contributed by atoms with Gasteiger partial charge in [-0.3, -0.25) is 14.3 Å². The highest BCUT2D eigenvalue weighted by Crippen LogP contribution is 2.19. The summed E-state index contributed by atoms with van der Waals surface area (Å²) in [6, 6.07) is 0. The van der Waals surface area contributed by atoms with Gasteiger partial charge in [-0.05, 0) is 22.4 Å². The van der Waals surface area contributed by atoms with Crippen molar-refractivity contribution in [3.05, 3.63) is 25.6 Å². The van der Waals surface area contributed by atoms with E-state index in [1.54, 1.807) is 11.6 Å². The molecule has 2 aromatic heterocycles. The van der Waals surface area contributed by atoms with E-state index >= 15 is 0 Å². The fourth-order valence-corrected chi connectivity index (χ4v) is 2.48. The van der Waals surface area contributed by atoms with Crippen LogP contribution in [0, 0.1) is 0 Å². The van der Waals surface area contributed by atoms with E-state index in [1.807, 2.05) is 6.92 Å². The molecular weight excluding hydrogens is 368 g/mol. The molecule has 18 heavy (non-hydrogen) atoms. The molecule has 1 atom stereocenters. The number of rotatable bonds is 3. The average Bonchev–Trinajstić information content (AvgIpc) is 2.64. The zero-order valence-electron chi connectivity index (χ0n) is 9.91. The van der Waals surface area contributed by atoms with Gasteiger partial charge in [-0.25, -0.2) is 9.78 Å². The summed E-state index contributed by atoms with van der Waals surface area (Å²) in [5.74, 6) is 0.